The Morgan fingerprint density at radius 1 is 0.620 bits per heavy atom. The molecule has 6 heterocycles. The molecule has 0 saturated carbocycles. The van der Waals surface area contributed by atoms with Gasteiger partial charge in [0.2, 0.25) is 17.8 Å². The summed E-state index contributed by atoms with van der Waals surface area (Å²) in [6.45, 7) is 18.3. The quantitative estimate of drug-likeness (QED) is 0.116. The van der Waals surface area contributed by atoms with E-state index in [1.54, 1.807) is 82.4 Å². The predicted octanol–water partition coefficient (Wildman–Crippen LogP) is 9.67. The van der Waals surface area contributed by atoms with Crippen LogP contribution in [0.5, 0.6) is 0 Å². The minimum Gasteiger partial charge on any atom is -0.310 e. The summed E-state index contributed by atoms with van der Waals surface area (Å²) >= 11 is 0. The number of carbonyl (C=O) groups excluding carboxylic acids is 4. The molecule has 0 spiro atoms. The molecule has 79 heavy (non-hydrogen) atoms. The molecule has 0 saturated heterocycles. The zero-order valence-corrected chi connectivity index (χ0v) is 47.6. The third-order valence-corrected chi connectivity index (χ3v) is 17.4. The topological polar surface area (TPSA) is 247 Å². The molecule has 0 radical (unpaired) electrons. The number of Topliss-reactive ketones (excluding diaryl/α,β-unsaturated/α-hetero) is 2. The second kappa shape index (κ2) is 24.0. The van der Waals surface area contributed by atoms with Crippen LogP contribution in [0.25, 0.3) is 11.3 Å². The molecular formula is C58H69FN10O8S2. The fourth-order valence-corrected chi connectivity index (χ4v) is 11.3. The zero-order valence-electron chi connectivity index (χ0n) is 46.0. The average molecular weight is 1120 g/mol. The first-order chi connectivity index (χ1) is 37.6. The van der Waals surface area contributed by atoms with E-state index in [1.165, 1.54) is 41.1 Å². The van der Waals surface area contributed by atoms with Gasteiger partial charge >= 0.3 is 0 Å². The number of aromatic nitrogens is 8. The van der Waals surface area contributed by atoms with Crippen molar-refractivity contribution in [2.75, 3.05) is 22.1 Å². The van der Waals surface area contributed by atoms with Crippen molar-refractivity contribution in [3.63, 3.8) is 0 Å². The number of anilines is 2. The second-order valence-corrected chi connectivity index (χ2v) is 23.7. The highest BCUT2D eigenvalue weighted by Gasteiger charge is 2.45. The van der Waals surface area contributed by atoms with E-state index < -0.39 is 36.5 Å². The number of sulfone groups is 2. The van der Waals surface area contributed by atoms with Gasteiger partial charge in [0.1, 0.15) is 11.6 Å². The van der Waals surface area contributed by atoms with E-state index in [-0.39, 0.29) is 66.1 Å². The maximum atomic E-state index is 14.5. The molecule has 0 aliphatic heterocycles. The lowest BCUT2D eigenvalue weighted by Crippen LogP contribution is -2.39. The maximum Gasteiger partial charge on any atom is 0.229 e. The number of rotatable bonds is 12. The third-order valence-electron chi connectivity index (χ3n) is 13.9. The number of hydrogen-bond donors (Lipinski definition) is 2. The lowest BCUT2D eigenvalue weighted by molar-refractivity contribution is -0.116. The van der Waals surface area contributed by atoms with E-state index in [1.807, 2.05) is 58.3 Å². The fourth-order valence-electron chi connectivity index (χ4n) is 9.54. The highest BCUT2D eigenvalue weighted by molar-refractivity contribution is 7.91. The Bertz CT molecular complexity index is 3860. The van der Waals surface area contributed by atoms with Gasteiger partial charge in [0, 0.05) is 45.0 Å². The normalized spacial score (nSPS) is 16.7. The van der Waals surface area contributed by atoms with Crippen LogP contribution in [0, 0.1) is 19.8 Å². The molecule has 2 N–H and O–H groups in total. The summed E-state index contributed by atoms with van der Waals surface area (Å²) in [7, 11) is -6.59. The number of imidazole rings is 2. The number of halogens is 1. The Balaban J connectivity index is 0.000000274. The molecule has 2 aromatic carbocycles. The van der Waals surface area contributed by atoms with Crippen LogP contribution in [0.4, 0.5) is 16.0 Å². The number of amides is 2. The van der Waals surface area contributed by atoms with E-state index in [0.717, 1.165) is 5.69 Å². The predicted molar refractivity (Wildman–Crippen MR) is 304 cm³/mol. The molecule has 18 nitrogen and oxygen atoms in total. The highest BCUT2D eigenvalue weighted by Crippen LogP contribution is 2.40. The third kappa shape index (κ3) is 12.1. The van der Waals surface area contributed by atoms with E-state index in [0.29, 0.717) is 93.6 Å². The highest BCUT2D eigenvalue weighted by atomic mass is 32.2. The van der Waals surface area contributed by atoms with Gasteiger partial charge in [-0.3, -0.25) is 33.5 Å². The lowest BCUT2D eigenvalue weighted by Gasteiger charge is -2.32. The van der Waals surface area contributed by atoms with E-state index in [2.05, 4.69) is 40.5 Å². The van der Waals surface area contributed by atoms with Crippen LogP contribution < -0.4 is 10.6 Å². The van der Waals surface area contributed by atoms with Crippen LogP contribution in [-0.2, 0) is 65.8 Å². The van der Waals surface area contributed by atoms with Gasteiger partial charge in [0.15, 0.2) is 42.5 Å². The number of pyridine rings is 2. The summed E-state index contributed by atoms with van der Waals surface area (Å²) in [5.41, 5.74) is 4.80. The molecule has 6 aromatic heterocycles. The van der Waals surface area contributed by atoms with Gasteiger partial charge in [-0.05, 0) is 113 Å². The molecule has 0 fully saturated rings. The number of benzene rings is 2. The number of aryl methyl sites for hydroxylation is 4. The average Bonchev–Trinajstić information content (AvgIpc) is 4.25. The van der Waals surface area contributed by atoms with Gasteiger partial charge < -0.3 is 15.0 Å². The minimum atomic E-state index is -3.31. The van der Waals surface area contributed by atoms with Crippen LogP contribution >= 0.6 is 0 Å². The van der Waals surface area contributed by atoms with Gasteiger partial charge in [0.05, 0.1) is 79.1 Å². The Kier molecular flexibility index (Phi) is 17.8. The number of hydrogen-bond acceptors (Lipinski definition) is 14. The number of nitrogens with one attached hydrogen (secondary N) is 2. The maximum absolute atomic E-state index is 14.5. The smallest absolute Gasteiger partial charge is 0.229 e. The molecule has 8 aromatic rings. The largest absolute Gasteiger partial charge is 0.310 e. The van der Waals surface area contributed by atoms with E-state index >= 15 is 0 Å². The summed E-state index contributed by atoms with van der Waals surface area (Å²) in [5.74, 6) is -0.620. The van der Waals surface area contributed by atoms with Crippen molar-refractivity contribution in [2.45, 2.75) is 128 Å². The Morgan fingerprint density at radius 2 is 1.05 bits per heavy atom. The first-order valence-corrected chi connectivity index (χ1v) is 29.6. The molecule has 418 valence electrons. The van der Waals surface area contributed by atoms with Crippen molar-refractivity contribution in [1.82, 2.24) is 38.7 Å². The first-order valence-electron chi connectivity index (χ1n) is 26.3. The summed E-state index contributed by atoms with van der Waals surface area (Å²) in [6, 6.07) is 19.1. The molecule has 21 heteroatoms. The van der Waals surface area contributed by atoms with Crippen LogP contribution in [0.3, 0.4) is 0 Å². The Morgan fingerprint density at radius 3 is 1.49 bits per heavy atom. The van der Waals surface area contributed by atoms with Gasteiger partial charge in [-0.1, -0.05) is 65.8 Å². The summed E-state index contributed by atoms with van der Waals surface area (Å²) in [4.78, 5) is 79.9. The van der Waals surface area contributed by atoms with Crippen LogP contribution in [-0.4, -0.2) is 90.4 Å². The van der Waals surface area contributed by atoms with Crippen molar-refractivity contribution >= 4 is 66.0 Å². The van der Waals surface area contributed by atoms with Crippen LogP contribution in [0.15, 0.2) is 114 Å². The zero-order chi connectivity index (χ0) is 57.6. The molecule has 2 atom stereocenters. The fraction of sp³-hybridized carbons (Fsp3) is 0.345. The van der Waals surface area contributed by atoms with E-state index in [9.17, 15) is 40.4 Å². The summed E-state index contributed by atoms with van der Waals surface area (Å²) in [6.07, 6.45) is 10.4. The molecule has 10 rings (SSSR count). The Labute approximate surface area is 462 Å². The van der Waals surface area contributed by atoms with Crippen LogP contribution in [0.1, 0.15) is 137 Å². The monoisotopic (exact) mass is 1120 g/mol. The van der Waals surface area contributed by atoms with Crippen LogP contribution in [0.2, 0.25) is 0 Å². The number of fused-ring (bicyclic) bond motifs is 4. The molecule has 2 aliphatic rings. The van der Waals surface area contributed by atoms with Gasteiger partial charge in [0.25, 0.3) is 0 Å². The number of nitrogens with zero attached hydrogens (tertiary/aromatic N) is 8. The minimum absolute atomic E-state index is 0. The first kappa shape index (κ1) is 58.8. The van der Waals surface area contributed by atoms with Crippen molar-refractivity contribution in [3.8, 4) is 0 Å². The standard InChI is InChI=1S/C27H26FN5O4S.C27H27N5O4S.2C2H6.2H2/c1-4-38(36,37)18-7-5-17(6-8-18)15-22(34)32-21-10-9-19-20(31-21)11-12-27(3,24(19)35)23-26-30-16(2)25(28)33(26)14-13-29-23;1-4-37(35,36)19-7-5-18(6-8-19)15-23(33)31-22-10-9-20-21(30-22)11-12-27(3,25(20)34)24-26-29-17(2)16-32(26)14-13-28-24;2*1-2;;/h5-10,13-14H,4,11-12,15H2,1-3H3,(H,31,32,34);5-10,13-14,16H,4,11-12,15H2,1-3H3,(H,30,31,33);2*1-2H3;2*1H. The second-order valence-electron chi connectivity index (χ2n) is 19.1. The molecule has 0 bridgehead atoms. The van der Waals surface area contributed by atoms with Crippen molar-refractivity contribution < 1.29 is 43.3 Å². The Hall–Kier alpha value is -7.91. The molecular weight excluding hydrogens is 1050 g/mol. The van der Waals surface area contributed by atoms with Crippen molar-refractivity contribution in [2.24, 2.45) is 0 Å². The summed E-state index contributed by atoms with van der Waals surface area (Å²) in [5, 5.41) is 5.54. The van der Waals surface area contributed by atoms with Crippen molar-refractivity contribution in [1.29, 1.82) is 0 Å². The van der Waals surface area contributed by atoms with Gasteiger partial charge in [-0.2, -0.15) is 4.39 Å². The lowest BCUT2D eigenvalue weighted by atomic mass is 9.71. The molecule has 2 amide bonds. The SMILES string of the molecule is CC.CC.CCS(=O)(=O)c1ccc(CC(=O)Nc2ccc3c(n2)CCC(C)(c2nccn4c(F)c(C)nc24)C3=O)cc1.CCS(=O)(=O)c1ccc(CC(=O)Nc2ccc3c(n2)CCC(C)(c2nccn4cc(C)nc24)C3=O)cc1.[HH].[HH]. The number of carbonyl (C=O) groups is 4. The summed E-state index contributed by atoms with van der Waals surface area (Å²) < 4.78 is 65.5. The molecule has 2 unspecified atom stereocenters. The van der Waals surface area contributed by atoms with Gasteiger partial charge in [-0.15, -0.1) is 0 Å². The van der Waals surface area contributed by atoms with Crippen molar-refractivity contribution in [3.05, 3.63) is 166 Å². The molecule has 2 aliphatic carbocycles. The van der Waals surface area contributed by atoms with E-state index in [4.69, 9.17) is 0 Å². The number of ketones is 2. The van der Waals surface area contributed by atoms with Gasteiger partial charge in [-0.25, -0.2) is 36.8 Å².